The van der Waals surface area contributed by atoms with Crippen LogP contribution >= 0.6 is 0 Å². The van der Waals surface area contributed by atoms with E-state index in [-0.39, 0.29) is 18.2 Å². The molecular formula is C14H12F2O. The largest absolute Gasteiger partial charge is 0.396 e. The molecule has 2 aromatic carbocycles. The van der Waals surface area contributed by atoms with E-state index in [0.29, 0.717) is 17.5 Å². The molecule has 17 heavy (non-hydrogen) atoms. The van der Waals surface area contributed by atoms with E-state index in [1.54, 1.807) is 12.1 Å². The minimum atomic E-state index is -0.349. The highest BCUT2D eigenvalue weighted by molar-refractivity contribution is 5.64. The summed E-state index contributed by atoms with van der Waals surface area (Å²) in [6.07, 6.45) is 0.481. The Kier molecular flexibility index (Phi) is 3.49. The van der Waals surface area contributed by atoms with Crippen LogP contribution in [0.25, 0.3) is 11.1 Å². The summed E-state index contributed by atoms with van der Waals surface area (Å²) in [7, 11) is 0. The summed E-state index contributed by atoms with van der Waals surface area (Å²) in [5.74, 6) is -0.695. The molecule has 0 saturated heterocycles. The van der Waals surface area contributed by atoms with E-state index in [1.165, 1.54) is 30.3 Å². The van der Waals surface area contributed by atoms with Crippen LogP contribution in [0.4, 0.5) is 8.78 Å². The maximum Gasteiger partial charge on any atom is 0.131 e. The number of aliphatic hydroxyl groups is 1. The lowest BCUT2D eigenvalue weighted by molar-refractivity contribution is 0.299. The van der Waals surface area contributed by atoms with Crippen LogP contribution in [0.2, 0.25) is 0 Å². The van der Waals surface area contributed by atoms with E-state index in [0.717, 1.165) is 5.56 Å². The molecule has 0 amide bonds. The first-order valence-electron chi connectivity index (χ1n) is 5.36. The van der Waals surface area contributed by atoms with Crippen molar-refractivity contribution in [3.05, 3.63) is 59.7 Å². The standard InChI is InChI=1S/C14H12F2O/c15-12-4-2-11(3-5-12)13-9-10(7-8-17)1-6-14(13)16/h1-6,9,17H,7-8H2. The first kappa shape index (κ1) is 11.7. The van der Waals surface area contributed by atoms with Crippen LogP contribution in [-0.4, -0.2) is 11.7 Å². The molecule has 0 spiro atoms. The van der Waals surface area contributed by atoms with Crippen molar-refractivity contribution < 1.29 is 13.9 Å². The summed E-state index contributed by atoms with van der Waals surface area (Å²) < 4.78 is 26.4. The normalized spacial score (nSPS) is 10.5. The van der Waals surface area contributed by atoms with Gasteiger partial charge in [-0.05, 0) is 41.8 Å². The van der Waals surface area contributed by atoms with Gasteiger partial charge in [-0.25, -0.2) is 8.78 Å². The highest BCUT2D eigenvalue weighted by atomic mass is 19.1. The Bertz CT molecular complexity index is 506. The first-order chi connectivity index (χ1) is 8.20. The fraction of sp³-hybridized carbons (Fsp3) is 0.143. The maximum atomic E-state index is 13.6. The summed E-state index contributed by atoms with van der Waals surface area (Å²) in [6.45, 7) is 0.0223. The number of rotatable bonds is 3. The SMILES string of the molecule is OCCc1ccc(F)c(-c2ccc(F)cc2)c1. The van der Waals surface area contributed by atoms with Crippen molar-refractivity contribution in [3.63, 3.8) is 0 Å². The van der Waals surface area contributed by atoms with Crippen molar-refractivity contribution >= 4 is 0 Å². The Hall–Kier alpha value is -1.74. The smallest absolute Gasteiger partial charge is 0.131 e. The zero-order valence-electron chi connectivity index (χ0n) is 9.16. The Morgan fingerprint density at radius 3 is 2.29 bits per heavy atom. The van der Waals surface area contributed by atoms with Gasteiger partial charge >= 0.3 is 0 Å². The van der Waals surface area contributed by atoms with Gasteiger partial charge in [0.1, 0.15) is 11.6 Å². The third-order valence-electron chi connectivity index (χ3n) is 2.59. The van der Waals surface area contributed by atoms with Crippen LogP contribution in [0.1, 0.15) is 5.56 Å². The highest BCUT2D eigenvalue weighted by Gasteiger charge is 2.06. The second-order valence-electron chi connectivity index (χ2n) is 3.79. The van der Waals surface area contributed by atoms with Crippen LogP contribution in [-0.2, 0) is 6.42 Å². The molecule has 0 heterocycles. The summed E-state index contributed by atoms with van der Waals surface area (Å²) in [6, 6.07) is 10.4. The average Bonchev–Trinajstić information content (AvgIpc) is 2.33. The van der Waals surface area contributed by atoms with Crippen LogP contribution in [0.15, 0.2) is 42.5 Å². The lowest BCUT2D eigenvalue weighted by Gasteiger charge is -2.06. The predicted octanol–water partition coefficient (Wildman–Crippen LogP) is 3.17. The Morgan fingerprint density at radius 2 is 1.65 bits per heavy atom. The van der Waals surface area contributed by atoms with Crippen LogP contribution in [0, 0.1) is 11.6 Å². The Balaban J connectivity index is 2.42. The minimum absolute atomic E-state index is 0.0223. The van der Waals surface area contributed by atoms with E-state index < -0.39 is 0 Å². The average molecular weight is 234 g/mol. The number of hydrogen-bond acceptors (Lipinski definition) is 1. The van der Waals surface area contributed by atoms with E-state index in [4.69, 9.17) is 5.11 Å². The molecule has 0 aliphatic carbocycles. The van der Waals surface area contributed by atoms with Gasteiger partial charge in [0.25, 0.3) is 0 Å². The first-order valence-corrected chi connectivity index (χ1v) is 5.36. The summed E-state index contributed by atoms with van der Waals surface area (Å²) in [5, 5.41) is 8.84. The second-order valence-corrected chi connectivity index (χ2v) is 3.79. The molecule has 0 unspecified atom stereocenters. The molecule has 0 fully saturated rings. The van der Waals surface area contributed by atoms with Crippen LogP contribution in [0.5, 0.6) is 0 Å². The fourth-order valence-corrected chi connectivity index (χ4v) is 1.71. The molecule has 0 aliphatic heterocycles. The molecule has 0 bridgehead atoms. The van der Waals surface area contributed by atoms with Gasteiger partial charge in [-0.1, -0.05) is 18.2 Å². The van der Waals surface area contributed by atoms with E-state index >= 15 is 0 Å². The van der Waals surface area contributed by atoms with E-state index in [2.05, 4.69) is 0 Å². The van der Waals surface area contributed by atoms with Crippen molar-refractivity contribution in [2.24, 2.45) is 0 Å². The number of halogens is 2. The molecule has 88 valence electrons. The van der Waals surface area contributed by atoms with Gasteiger partial charge in [-0.3, -0.25) is 0 Å². The second kappa shape index (κ2) is 5.06. The number of aliphatic hydroxyl groups excluding tert-OH is 1. The van der Waals surface area contributed by atoms with Gasteiger partial charge in [0.05, 0.1) is 0 Å². The predicted molar refractivity (Wildman–Crippen MR) is 62.6 cm³/mol. The van der Waals surface area contributed by atoms with Gasteiger partial charge in [-0.15, -0.1) is 0 Å². The fourth-order valence-electron chi connectivity index (χ4n) is 1.71. The molecule has 0 atom stereocenters. The quantitative estimate of drug-likeness (QED) is 0.864. The third kappa shape index (κ3) is 2.68. The summed E-state index contributed by atoms with van der Waals surface area (Å²) in [5.41, 5.74) is 1.91. The van der Waals surface area contributed by atoms with Crippen LogP contribution < -0.4 is 0 Å². The Morgan fingerprint density at radius 1 is 0.941 bits per heavy atom. The molecular weight excluding hydrogens is 222 g/mol. The van der Waals surface area contributed by atoms with Crippen molar-refractivity contribution in [2.45, 2.75) is 6.42 Å². The Labute approximate surface area is 98.3 Å². The molecule has 2 aromatic rings. The van der Waals surface area contributed by atoms with Crippen molar-refractivity contribution in [1.82, 2.24) is 0 Å². The monoisotopic (exact) mass is 234 g/mol. The summed E-state index contributed by atoms with van der Waals surface area (Å²) in [4.78, 5) is 0. The summed E-state index contributed by atoms with van der Waals surface area (Å²) >= 11 is 0. The van der Waals surface area contributed by atoms with E-state index in [1.807, 2.05) is 0 Å². The molecule has 3 heteroatoms. The van der Waals surface area contributed by atoms with Crippen LogP contribution in [0.3, 0.4) is 0 Å². The van der Waals surface area contributed by atoms with E-state index in [9.17, 15) is 8.78 Å². The van der Waals surface area contributed by atoms with Gasteiger partial charge < -0.3 is 5.11 Å². The number of hydrogen-bond donors (Lipinski definition) is 1. The van der Waals surface area contributed by atoms with Crippen molar-refractivity contribution in [3.8, 4) is 11.1 Å². The van der Waals surface area contributed by atoms with Gasteiger partial charge in [0.2, 0.25) is 0 Å². The highest BCUT2D eigenvalue weighted by Crippen LogP contribution is 2.24. The zero-order valence-corrected chi connectivity index (χ0v) is 9.16. The van der Waals surface area contributed by atoms with Gasteiger partial charge in [0.15, 0.2) is 0 Å². The topological polar surface area (TPSA) is 20.2 Å². The minimum Gasteiger partial charge on any atom is -0.396 e. The zero-order chi connectivity index (χ0) is 12.3. The lowest BCUT2D eigenvalue weighted by Crippen LogP contribution is -1.93. The number of benzene rings is 2. The molecule has 0 radical (unpaired) electrons. The molecule has 2 rings (SSSR count). The molecule has 0 aliphatic rings. The van der Waals surface area contributed by atoms with Gasteiger partial charge in [0, 0.05) is 12.2 Å². The molecule has 0 aromatic heterocycles. The lowest BCUT2D eigenvalue weighted by atomic mass is 10.0. The molecule has 1 N–H and O–H groups in total. The van der Waals surface area contributed by atoms with Crippen molar-refractivity contribution in [2.75, 3.05) is 6.61 Å². The van der Waals surface area contributed by atoms with Crippen molar-refractivity contribution in [1.29, 1.82) is 0 Å². The third-order valence-corrected chi connectivity index (χ3v) is 2.59. The maximum absolute atomic E-state index is 13.6. The molecule has 1 nitrogen and oxygen atoms in total. The molecule has 0 saturated carbocycles. The van der Waals surface area contributed by atoms with Gasteiger partial charge in [-0.2, -0.15) is 0 Å².